The fourth-order valence-electron chi connectivity index (χ4n) is 4.08. The maximum absolute atomic E-state index is 12.7. The maximum Gasteiger partial charge on any atom is 0.341 e. The van der Waals surface area contributed by atoms with E-state index in [1.54, 1.807) is 0 Å². The van der Waals surface area contributed by atoms with Crippen LogP contribution < -0.4 is 11.1 Å². The number of carbonyl (C=O) groups is 2. The van der Waals surface area contributed by atoms with E-state index in [1.165, 1.54) is 30.2 Å². The van der Waals surface area contributed by atoms with Crippen molar-refractivity contribution in [3.63, 3.8) is 0 Å². The molecular weight excluding hydrogens is 470 g/mol. The molecule has 0 saturated heterocycles. The average molecular weight is 498 g/mol. The van der Waals surface area contributed by atoms with Crippen molar-refractivity contribution in [2.75, 3.05) is 23.9 Å². The Morgan fingerprint density at radius 2 is 1.91 bits per heavy atom. The lowest BCUT2D eigenvalue weighted by molar-refractivity contribution is -0.115. The third kappa shape index (κ3) is 5.35. The van der Waals surface area contributed by atoms with Gasteiger partial charge in [-0.05, 0) is 42.7 Å². The number of nitrogens with zero attached hydrogens (tertiary/aromatic N) is 3. The Hall–Kier alpha value is -3.08. The van der Waals surface area contributed by atoms with Gasteiger partial charge in [0.25, 0.3) is 0 Å². The van der Waals surface area contributed by atoms with Gasteiger partial charge in [0, 0.05) is 17.1 Å². The van der Waals surface area contributed by atoms with Crippen LogP contribution in [0.3, 0.4) is 0 Å². The number of thioether (sulfide) groups is 1. The van der Waals surface area contributed by atoms with Gasteiger partial charge in [-0.15, -0.1) is 23.1 Å². The molecule has 0 saturated carbocycles. The second kappa shape index (κ2) is 11.4. The highest BCUT2D eigenvalue weighted by molar-refractivity contribution is 7.99. The second-order valence-corrected chi connectivity index (χ2v) is 10.4. The standard InChI is InChI=1S/C24H27N5O3S2/c1-13(2)19-15(11-25)21(27)29-22(16(19)12-26)33-10-9-18(30)28-23-20(24(31)32-3)14-7-5-4-6-8-17(14)34-23/h13H,4-10H2,1-3H3,(H2,27,29)(H,28,30). The molecule has 3 rings (SSSR count). The lowest BCUT2D eigenvalue weighted by atomic mass is 9.94. The SMILES string of the molecule is COC(=O)c1c(NC(=O)CCSc2nc(N)c(C#N)c(C(C)C)c2C#N)sc2c1CCCCC2. The number of methoxy groups -OCH3 is 1. The number of ether oxygens (including phenoxy) is 1. The van der Waals surface area contributed by atoms with Gasteiger partial charge in [0.1, 0.15) is 28.0 Å². The first-order valence-electron chi connectivity index (χ1n) is 11.1. The predicted octanol–water partition coefficient (Wildman–Crippen LogP) is 4.77. The Morgan fingerprint density at radius 1 is 1.21 bits per heavy atom. The summed E-state index contributed by atoms with van der Waals surface area (Å²) in [4.78, 5) is 30.6. The highest BCUT2D eigenvalue weighted by Crippen LogP contribution is 2.38. The molecule has 10 heteroatoms. The van der Waals surface area contributed by atoms with Crippen molar-refractivity contribution in [1.82, 2.24) is 4.98 Å². The molecule has 3 N–H and O–H groups in total. The number of amides is 1. The minimum absolute atomic E-state index is 0.0805. The van der Waals surface area contributed by atoms with Crippen LogP contribution in [-0.4, -0.2) is 29.7 Å². The molecule has 34 heavy (non-hydrogen) atoms. The largest absolute Gasteiger partial charge is 0.465 e. The van der Waals surface area contributed by atoms with Crippen molar-refractivity contribution in [3.8, 4) is 12.1 Å². The average Bonchev–Trinajstić information content (AvgIpc) is 2.97. The number of nitriles is 2. The van der Waals surface area contributed by atoms with E-state index in [1.807, 2.05) is 19.9 Å². The number of anilines is 2. The van der Waals surface area contributed by atoms with Crippen LogP contribution in [0.4, 0.5) is 10.8 Å². The van der Waals surface area contributed by atoms with Crippen LogP contribution >= 0.6 is 23.1 Å². The summed E-state index contributed by atoms with van der Waals surface area (Å²) in [6, 6.07) is 4.19. The smallest absolute Gasteiger partial charge is 0.341 e. The molecule has 0 aromatic carbocycles. The molecule has 8 nitrogen and oxygen atoms in total. The van der Waals surface area contributed by atoms with Crippen LogP contribution in [0.25, 0.3) is 0 Å². The first-order chi connectivity index (χ1) is 16.3. The summed E-state index contributed by atoms with van der Waals surface area (Å²) in [5, 5.41) is 23.0. The van der Waals surface area contributed by atoms with Crippen molar-refractivity contribution in [1.29, 1.82) is 10.5 Å². The van der Waals surface area contributed by atoms with Gasteiger partial charge in [-0.2, -0.15) is 10.5 Å². The van der Waals surface area contributed by atoms with Crippen molar-refractivity contribution in [2.45, 2.75) is 63.3 Å². The first kappa shape index (κ1) is 25.5. The number of aryl methyl sites for hydroxylation is 1. The van der Waals surface area contributed by atoms with Gasteiger partial charge in [0.05, 0.1) is 23.8 Å². The number of nitrogens with two attached hydrogens (primary N) is 1. The van der Waals surface area contributed by atoms with Crippen LogP contribution in [0.5, 0.6) is 0 Å². The summed E-state index contributed by atoms with van der Waals surface area (Å²) in [6.07, 6.45) is 5.06. The van der Waals surface area contributed by atoms with E-state index in [0.717, 1.165) is 42.5 Å². The molecule has 0 radical (unpaired) electrons. The zero-order valence-corrected chi connectivity index (χ0v) is 21.1. The molecule has 178 valence electrons. The Morgan fingerprint density at radius 3 is 2.56 bits per heavy atom. The van der Waals surface area contributed by atoms with Gasteiger partial charge < -0.3 is 15.8 Å². The number of hydrogen-bond donors (Lipinski definition) is 2. The number of esters is 1. The van der Waals surface area contributed by atoms with Gasteiger partial charge in [-0.25, -0.2) is 9.78 Å². The Kier molecular flexibility index (Phi) is 8.54. The van der Waals surface area contributed by atoms with Gasteiger partial charge in [0.15, 0.2) is 0 Å². The summed E-state index contributed by atoms with van der Waals surface area (Å²) >= 11 is 2.70. The molecule has 0 unspecified atom stereocenters. The highest BCUT2D eigenvalue weighted by Gasteiger charge is 2.26. The van der Waals surface area contributed by atoms with Crippen molar-refractivity contribution >= 4 is 45.8 Å². The number of nitrogens with one attached hydrogen (secondary N) is 1. The fourth-order valence-corrected chi connectivity index (χ4v) is 6.32. The Bertz CT molecular complexity index is 1190. The lowest BCUT2D eigenvalue weighted by Crippen LogP contribution is -2.15. The number of pyridine rings is 1. The number of fused-ring (bicyclic) bond motifs is 1. The number of nitrogen functional groups attached to an aromatic ring is 1. The lowest BCUT2D eigenvalue weighted by Gasteiger charge is -2.15. The van der Waals surface area contributed by atoms with Crippen molar-refractivity contribution in [3.05, 3.63) is 32.7 Å². The van der Waals surface area contributed by atoms with E-state index in [2.05, 4.69) is 16.4 Å². The van der Waals surface area contributed by atoms with E-state index in [-0.39, 0.29) is 29.6 Å². The summed E-state index contributed by atoms with van der Waals surface area (Å²) in [5.41, 5.74) is 8.56. The molecule has 2 aromatic heterocycles. The fraction of sp³-hybridized carbons (Fsp3) is 0.458. The topological polar surface area (TPSA) is 142 Å². The van der Waals surface area contributed by atoms with Crippen LogP contribution in [0.15, 0.2) is 5.03 Å². The molecular formula is C24H27N5O3S2. The summed E-state index contributed by atoms with van der Waals surface area (Å²) in [6.45, 7) is 3.78. The number of aromatic nitrogens is 1. The normalized spacial score (nSPS) is 12.9. The van der Waals surface area contributed by atoms with Crippen LogP contribution in [-0.2, 0) is 22.4 Å². The summed E-state index contributed by atoms with van der Waals surface area (Å²) in [7, 11) is 1.35. The second-order valence-electron chi connectivity index (χ2n) is 8.25. The third-order valence-electron chi connectivity index (χ3n) is 5.66. The molecule has 0 atom stereocenters. The monoisotopic (exact) mass is 497 g/mol. The predicted molar refractivity (Wildman–Crippen MR) is 133 cm³/mol. The summed E-state index contributed by atoms with van der Waals surface area (Å²) in [5.74, 6) is -0.308. The number of hydrogen-bond acceptors (Lipinski definition) is 9. The van der Waals surface area contributed by atoms with E-state index >= 15 is 0 Å². The van der Waals surface area contributed by atoms with Gasteiger partial charge >= 0.3 is 5.97 Å². The third-order valence-corrected chi connectivity index (χ3v) is 7.85. The molecule has 1 aliphatic carbocycles. The van der Waals surface area contributed by atoms with E-state index in [0.29, 0.717) is 32.5 Å². The van der Waals surface area contributed by atoms with Gasteiger partial charge in [0.2, 0.25) is 5.91 Å². The van der Waals surface area contributed by atoms with Gasteiger partial charge in [-0.3, -0.25) is 4.79 Å². The molecule has 2 heterocycles. The van der Waals surface area contributed by atoms with Gasteiger partial charge in [-0.1, -0.05) is 20.3 Å². The molecule has 0 fully saturated rings. The number of carbonyl (C=O) groups excluding carboxylic acids is 2. The first-order valence-corrected chi connectivity index (χ1v) is 12.9. The summed E-state index contributed by atoms with van der Waals surface area (Å²) < 4.78 is 4.99. The number of rotatable bonds is 7. The molecule has 0 bridgehead atoms. The van der Waals surface area contributed by atoms with E-state index in [9.17, 15) is 20.1 Å². The van der Waals surface area contributed by atoms with Crippen LogP contribution in [0.1, 0.15) is 82.9 Å². The number of thiophene rings is 1. The Balaban J connectivity index is 1.75. The van der Waals surface area contributed by atoms with Crippen molar-refractivity contribution < 1.29 is 14.3 Å². The van der Waals surface area contributed by atoms with Crippen LogP contribution in [0, 0.1) is 22.7 Å². The zero-order chi connectivity index (χ0) is 24.8. The molecule has 1 aliphatic rings. The Labute approximate surface area is 207 Å². The molecule has 1 amide bonds. The molecule has 0 aliphatic heterocycles. The van der Waals surface area contributed by atoms with Crippen molar-refractivity contribution in [2.24, 2.45) is 0 Å². The van der Waals surface area contributed by atoms with Crippen LogP contribution in [0.2, 0.25) is 0 Å². The minimum atomic E-state index is -0.429. The maximum atomic E-state index is 12.7. The zero-order valence-electron chi connectivity index (χ0n) is 19.5. The van der Waals surface area contributed by atoms with E-state index < -0.39 is 5.97 Å². The quantitative estimate of drug-likeness (QED) is 0.316. The molecule has 2 aromatic rings. The van der Waals surface area contributed by atoms with E-state index in [4.69, 9.17) is 10.5 Å². The highest BCUT2D eigenvalue weighted by atomic mass is 32.2. The minimum Gasteiger partial charge on any atom is -0.465 e. The molecule has 0 spiro atoms.